The molecule has 0 bridgehead atoms. The Balaban J connectivity index is 1.52. The number of piperidine rings is 2. The van der Waals surface area contributed by atoms with Crippen LogP contribution in [0.3, 0.4) is 0 Å². The van der Waals surface area contributed by atoms with Crippen LogP contribution in [0.2, 0.25) is 0 Å². The minimum absolute atomic E-state index is 0.00343. The summed E-state index contributed by atoms with van der Waals surface area (Å²) in [4.78, 5) is 20.6. The number of aromatic amines is 1. The molecule has 1 aromatic carbocycles. The fraction of sp³-hybridized carbons (Fsp3) is 0.609. The van der Waals surface area contributed by atoms with Gasteiger partial charge in [0.1, 0.15) is 0 Å². The van der Waals surface area contributed by atoms with Gasteiger partial charge in [0.05, 0.1) is 0 Å². The van der Waals surface area contributed by atoms with E-state index >= 15 is 0 Å². The minimum atomic E-state index is -0.00343. The van der Waals surface area contributed by atoms with Gasteiger partial charge in [0.15, 0.2) is 0 Å². The Bertz CT molecular complexity index is 814. The molecule has 0 spiro atoms. The zero-order valence-corrected chi connectivity index (χ0v) is 17.3. The number of hydrogen-bond acceptors (Lipinski definition) is 2. The molecule has 4 rings (SSSR count). The van der Waals surface area contributed by atoms with Gasteiger partial charge >= 0.3 is 6.03 Å². The predicted octanol–water partition coefficient (Wildman–Crippen LogP) is 5.16. The SMILES string of the molecule is CCCN(CC)C(=O)Nc1ccc2[nH]cc(C3CCN4CCCCC4C3)c2c1. The standard InChI is InChI=1S/C23H34N4O/c1-3-11-26(4-2)23(28)25-18-8-9-22-20(15-18)21(16-24-22)17-10-13-27-12-6-5-7-19(27)14-17/h8-9,15-17,19,24H,3-7,10-14H2,1-2H3,(H,25,28). The highest BCUT2D eigenvalue weighted by Crippen LogP contribution is 2.38. The first kappa shape index (κ1) is 19.3. The van der Waals surface area contributed by atoms with E-state index in [1.54, 1.807) is 0 Å². The van der Waals surface area contributed by atoms with Crippen molar-refractivity contribution in [1.29, 1.82) is 0 Å². The average Bonchev–Trinajstić information content (AvgIpc) is 3.14. The number of hydrogen-bond donors (Lipinski definition) is 2. The number of anilines is 1. The molecule has 3 heterocycles. The number of rotatable bonds is 5. The second-order valence-electron chi connectivity index (χ2n) is 8.42. The van der Waals surface area contributed by atoms with Gasteiger partial charge in [-0.25, -0.2) is 4.79 Å². The van der Waals surface area contributed by atoms with E-state index in [1.807, 2.05) is 17.9 Å². The predicted molar refractivity (Wildman–Crippen MR) is 116 cm³/mol. The first-order valence-electron chi connectivity index (χ1n) is 11.1. The summed E-state index contributed by atoms with van der Waals surface area (Å²) in [6, 6.07) is 7.01. The molecule has 2 unspecified atom stereocenters. The Hall–Kier alpha value is -2.01. The molecule has 2 saturated heterocycles. The van der Waals surface area contributed by atoms with Crippen LogP contribution in [-0.2, 0) is 0 Å². The van der Waals surface area contributed by atoms with Crippen molar-refractivity contribution in [3.63, 3.8) is 0 Å². The Morgan fingerprint density at radius 2 is 2.14 bits per heavy atom. The minimum Gasteiger partial charge on any atom is -0.361 e. The second kappa shape index (κ2) is 8.56. The number of nitrogens with one attached hydrogen (secondary N) is 2. The van der Waals surface area contributed by atoms with E-state index in [0.29, 0.717) is 5.92 Å². The van der Waals surface area contributed by atoms with E-state index < -0.39 is 0 Å². The summed E-state index contributed by atoms with van der Waals surface area (Å²) in [5.74, 6) is 0.617. The monoisotopic (exact) mass is 382 g/mol. The maximum absolute atomic E-state index is 12.6. The van der Waals surface area contributed by atoms with E-state index in [-0.39, 0.29) is 6.03 Å². The van der Waals surface area contributed by atoms with Gasteiger partial charge in [0, 0.05) is 41.9 Å². The maximum Gasteiger partial charge on any atom is 0.321 e. The van der Waals surface area contributed by atoms with Gasteiger partial charge in [-0.3, -0.25) is 0 Å². The molecule has 2 fully saturated rings. The Morgan fingerprint density at radius 1 is 1.25 bits per heavy atom. The molecule has 2 aromatic rings. The number of urea groups is 1. The van der Waals surface area contributed by atoms with Crippen LogP contribution in [-0.4, -0.2) is 53.0 Å². The molecule has 2 atom stereocenters. The third-order valence-electron chi connectivity index (χ3n) is 6.64. The largest absolute Gasteiger partial charge is 0.361 e. The first-order valence-corrected chi connectivity index (χ1v) is 11.1. The van der Waals surface area contributed by atoms with Crippen molar-refractivity contribution in [3.05, 3.63) is 30.0 Å². The number of nitrogens with zero attached hydrogens (tertiary/aromatic N) is 2. The molecular weight excluding hydrogens is 348 g/mol. The number of carbonyl (C=O) groups is 1. The number of fused-ring (bicyclic) bond motifs is 2. The highest BCUT2D eigenvalue weighted by Gasteiger charge is 2.31. The highest BCUT2D eigenvalue weighted by molar-refractivity contribution is 5.94. The lowest BCUT2D eigenvalue weighted by atomic mass is 9.82. The molecule has 1 aromatic heterocycles. The summed E-state index contributed by atoms with van der Waals surface area (Å²) < 4.78 is 0. The van der Waals surface area contributed by atoms with Gasteiger partial charge in [-0.1, -0.05) is 13.3 Å². The van der Waals surface area contributed by atoms with Crippen LogP contribution >= 0.6 is 0 Å². The number of aromatic nitrogens is 1. The van der Waals surface area contributed by atoms with Crippen LogP contribution in [0.5, 0.6) is 0 Å². The summed E-state index contributed by atoms with van der Waals surface area (Å²) in [5, 5.41) is 4.37. The van der Waals surface area contributed by atoms with Crippen LogP contribution in [0.4, 0.5) is 10.5 Å². The van der Waals surface area contributed by atoms with Crippen molar-refractivity contribution in [2.45, 2.75) is 64.3 Å². The third-order valence-corrected chi connectivity index (χ3v) is 6.64. The Labute approximate surface area is 168 Å². The summed E-state index contributed by atoms with van der Waals surface area (Å²) in [6.45, 7) is 8.16. The number of H-pyrrole nitrogens is 1. The van der Waals surface area contributed by atoms with Gasteiger partial charge in [-0.15, -0.1) is 0 Å². The number of benzene rings is 1. The van der Waals surface area contributed by atoms with E-state index in [2.05, 4.69) is 40.5 Å². The average molecular weight is 383 g/mol. The van der Waals surface area contributed by atoms with Gasteiger partial charge in [0.25, 0.3) is 0 Å². The quantitative estimate of drug-likeness (QED) is 0.750. The molecule has 152 valence electrons. The van der Waals surface area contributed by atoms with Crippen molar-refractivity contribution in [2.75, 3.05) is 31.5 Å². The number of amides is 2. The van der Waals surface area contributed by atoms with E-state index in [4.69, 9.17) is 0 Å². The van der Waals surface area contributed by atoms with Crippen LogP contribution < -0.4 is 5.32 Å². The molecule has 5 heteroatoms. The summed E-state index contributed by atoms with van der Waals surface area (Å²) in [7, 11) is 0. The second-order valence-corrected chi connectivity index (χ2v) is 8.42. The Kier molecular flexibility index (Phi) is 5.90. The molecule has 2 N–H and O–H groups in total. The summed E-state index contributed by atoms with van der Waals surface area (Å²) in [6.07, 6.45) is 9.78. The highest BCUT2D eigenvalue weighted by atomic mass is 16.2. The van der Waals surface area contributed by atoms with Crippen LogP contribution in [0, 0.1) is 0 Å². The first-order chi connectivity index (χ1) is 13.7. The van der Waals surface area contributed by atoms with E-state index in [0.717, 1.165) is 31.2 Å². The molecular formula is C23H34N4O. The van der Waals surface area contributed by atoms with Crippen LogP contribution in [0.15, 0.2) is 24.4 Å². The zero-order chi connectivity index (χ0) is 19.5. The van der Waals surface area contributed by atoms with Gasteiger partial charge < -0.3 is 20.1 Å². The smallest absolute Gasteiger partial charge is 0.321 e. The normalized spacial score (nSPS) is 22.8. The molecule has 2 aliphatic heterocycles. The van der Waals surface area contributed by atoms with Crippen molar-refractivity contribution in [3.8, 4) is 0 Å². The topological polar surface area (TPSA) is 51.4 Å². The molecule has 0 saturated carbocycles. The molecule has 28 heavy (non-hydrogen) atoms. The lowest BCUT2D eigenvalue weighted by molar-refractivity contribution is 0.0977. The lowest BCUT2D eigenvalue weighted by Gasteiger charge is -2.42. The number of carbonyl (C=O) groups excluding carboxylic acids is 1. The van der Waals surface area contributed by atoms with Crippen molar-refractivity contribution in [1.82, 2.24) is 14.8 Å². The summed E-state index contributed by atoms with van der Waals surface area (Å²) in [5.41, 5.74) is 3.49. The summed E-state index contributed by atoms with van der Waals surface area (Å²) >= 11 is 0. The molecule has 2 amide bonds. The fourth-order valence-electron chi connectivity index (χ4n) is 5.11. The van der Waals surface area contributed by atoms with E-state index in [1.165, 1.54) is 61.7 Å². The molecule has 0 aliphatic carbocycles. The van der Waals surface area contributed by atoms with Crippen molar-refractivity contribution in [2.24, 2.45) is 0 Å². The van der Waals surface area contributed by atoms with Crippen LogP contribution in [0.1, 0.15) is 63.9 Å². The maximum atomic E-state index is 12.6. The molecule has 0 radical (unpaired) electrons. The Morgan fingerprint density at radius 3 is 2.96 bits per heavy atom. The van der Waals surface area contributed by atoms with Gasteiger partial charge in [-0.05, 0) is 81.8 Å². The zero-order valence-electron chi connectivity index (χ0n) is 17.3. The fourth-order valence-corrected chi connectivity index (χ4v) is 5.11. The van der Waals surface area contributed by atoms with Crippen molar-refractivity contribution < 1.29 is 4.79 Å². The van der Waals surface area contributed by atoms with Crippen LogP contribution in [0.25, 0.3) is 10.9 Å². The van der Waals surface area contributed by atoms with Crippen molar-refractivity contribution >= 4 is 22.6 Å². The van der Waals surface area contributed by atoms with Gasteiger partial charge in [0.2, 0.25) is 0 Å². The lowest BCUT2D eigenvalue weighted by Crippen LogP contribution is -2.44. The van der Waals surface area contributed by atoms with Gasteiger partial charge in [-0.2, -0.15) is 0 Å². The molecule has 5 nitrogen and oxygen atoms in total. The third kappa shape index (κ3) is 3.90. The van der Waals surface area contributed by atoms with E-state index in [9.17, 15) is 4.79 Å². The molecule has 2 aliphatic rings.